The molecule has 0 spiro atoms. The standard InChI is InChI=1S/C14H19BrN4O/c1-2-5-19-14(20)13(15)12(8-16-19)18-11-6-9-3-4-10(7-11)17-9/h2,8-11,17-18H,1,3-7H2. The second-order valence-electron chi connectivity index (χ2n) is 5.60. The summed E-state index contributed by atoms with van der Waals surface area (Å²) in [4.78, 5) is 12.1. The molecule has 2 N–H and O–H groups in total. The summed E-state index contributed by atoms with van der Waals surface area (Å²) in [5.41, 5.74) is 0.674. The molecular formula is C14H19BrN4O. The predicted octanol–water partition coefficient (Wildman–Crippen LogP) is 1.89. The summed E-state index contributed by atoms with van der Waals surface area (Å²) in [7, 11) is 0. The quantitative estimate of drug-likeness (QED) is 0.823. The Bertz CT molecular complexity index is 559. The summed E-state index contributed by atoms with van der Waals surface area (Å²) < 4.78 is 1.95. The van der Waals surface area contributed by atoms with E-state index in [1.165, 1.54) is 17.5 Å². The van der Waals surface area contributed by atoms with Crippen LogP contribution in [0.5, 0.6) is 0 Å². The zero-order chi connectivity index (χ0) is 14.1. The van der Waals surface area contributed by atoms with Crippen LogP contribution < -0.4 is 16.2 Å². The normalized spacial score (nSPS) is 28.4. The average Bonchev–Trinajstić information content (AvgIpc) is 2.78. The lowest BCUT2D eigenvalue weighted by atomic mass is 10.00. The highest BCUT2D eigenvalue weighted by atomic mass is 79.9. The monoisotopic (exact) mass is 338 g/mol. The highest BCUT2D eigenvalue weighted by Gasteiger charge is 2.33. The first-order valence-electron chi connectivity index (χ1n) is 7.06. The Morgan fingerprint density at radius 2 is 2.20 bits per heavy atom. The molecule has 0 amide bonds. The van der Waals surface area contributed by atoms with E-state index >= 15 is 0 Å². The molecule has 6 heteroatoms. The second kappa shape index (κ2) is 5.69. The molecule has 0 aliphatic carbocycles. The van der Waals surface area contributed by atoms with Crippen LogP contribution >= 0.6 is 15.9 Å². The van der Waals surface area contributed by atoms with Gasteiger partial charge in [-0.15, -0.1) is 6.58 Å². The summed E-state index contributed by atoms with van der Waals surface area (Å²) in [6, 6.07) is 1.67. The Labute approximate surface area is 126 Å². The number of rotatable bonds is 4. The maximum Gasteiger partial charge on any atom is 0.283 e. The number of halogens is 1. The van der Waals surface area contributed by atoms with Gasteiger partial charge in [-0.05, 0) is 41.6 Å². The molecule has 2 unspecified atom stereocenters. The summed E-state index contributed by atoms with van der Waals surface area (Å²) >= 11 is 3.39. The van der Waals surface area contributed by atoms with Crippen LogP contribution in [-0.4, -0.2) is 27.9 Å². The van der Waals surface area contributed by atoms with Crippen molar-refractivity contribution in [1.82, 2.24) is 15.1 Å². The van der Waals surface area contributed by atoms with Gasteiger partial charge in [0.25, 0.3) is 5.56 Å². The minimum Gasteiger partial charge on any atom is -0.380 e. The van der Waals surface area contributed by atoms with Crippen molar-refractivity contribution in [3.05, 3.63) is 33.7 Å². The van der Waals surface area contributed by atoms with Crippen LogP contribution in [0.15, 0.2) is 28.1 Å². The molecule has 2 aliphatic heterocycles. The first-order valence-corrected chi connectivity index (χ1v) is 7.85. The minimum atomic E-state index is -0.119. The molecule has 1 aromatic rings. The van der Waals surface area contributed by atoms with Crippen molar-refractivity contribution in [3.63, 3.8) is 0 Å². The van der Waals surface area contributed by atoms with Crippen molar-refractivity contribution in [1.29, 1.82) is 0 Å². The lowest BCUT2D eigenvalue weighted by Crippen LogP contribution is -2.43. The molecule has 20 heavy (non-hydrogen) atoms. The molecule has 3 heterocycles. The molecule has 5 nitrogen and oxygen atoms in total. The summed E-state index contributed by atoms with van der Waals surface area (Å²) in [6.45, 7) is 4.05. The molecule has 2 bridgehead atoms. The van der Waals surface area contributed by atoms with E-state index in [4.69, 9.17) is 0 Å². The van der Waals surface area contributed by atoms with Crippen molar-refractivity contribution in [2.45, 2.75) is 50.4 Å². The lowest BCUT2D eigenvalue weighted by Gasteiger charge is -2.30. The third kappa shape index (κ3) is 2.67. The van der Waals surface area contributed by atoms with Crippen LogP contribution in [0.25, 0.3) is 0 Å². The molecule has 0 aromatic carbocycles. The van der Waals surface area contributed by atoms with Gasteiger partial charge in [0, 0.05) is 18.1 Å². The molecule has 2 fully saturated rings. The predicted molar refractivity (Wildman–Crippen MR) is 83.0 cm³/mol. The van der Waals surface area contributed by atoms with Crippen molar-refractivity contribution in [3.8, 4) is 0 Å². The van der Waals surface area contributed by atoms with Crippen LogP contribution in [0.4, 0.5) is 5.69 Å². The van der Waals surface area contributed by atoms with Gasteiger partial charge in [-0.1, -0.05) is 6.08 Å². The zero-order valence-corrected chi connectivity index (χ0v) is 12.9. The average molecular weight is 339 g/mol. The molecule has 2 atom stereocenters. The van der Waals surface area contributed by atoms with Crippen molar-refractivity contribution in [2.75, 3.05) is 5.32 Å². The van der Waals surface area contributed by atoms with E-state index in [0.717, 1.165) is 18.5 Å². The number of nitrogens with one attached hydrogen (secondary N) is 2. The molecule has 3 rings (SSSR count). The van der Waals surface area contributed by atoms with Crippen LogP contribution in [0.1, 0.15) is 25.7 Å². The van der Waals surface area contributed by atoms with Crippen LogP contribution in [0.3, 0.4) is 0 Å². The maximum absolute atomic E-state index is 12.1. The van der Waals surface area contributed by atoms with E-state index in [9.17, 15) is 4.79 Å². The van der Waals surface area contributed by atoms with Gasteiger partial charge in [0.1, 0.15) is 4.47 Å². The summed E-state index contributed by atoms with van der Waals surface area (Å²) in [6.07, 6.45) is 8.14. The van der Waals surface area contributed by atoms with Crippen LogP contribution in [-0.2, 0) is 6.54 Å². The number of piperidine rings is 1. The number of anilines is 1. The fourth-order valence-corrected chi connectivity index (χ4v) is 3.63. The van der Waals surface area contributed by atoms with Gasteiger partial charge in [0.05, 0.1) is 18.4 Å². The molecule has 1 aromatic heterocycles. The van der Waals surface area contributed by atoms with Gasteiger partial charge in [-0.25, -0.2) is 4.68 Å². The Balaban J connectivity index is 1.76. The molecular weight excluding hydrogens is 320 g/mol. The highest BCUT2D eigenvalue weighted by Crippen LogP contribution is 2.29. The fraction of sp³-hybridized carbons (Fsp3) is 0.571. The van der Waals surface area contributed by atoms with E-state index in [0.29, 0.717) is 29.1 Å². The number of fused-ring (bicyclic) bond motifs is 2. The second-order valence-corrected chi connectivity index (χ2v) is 6.39. The summed E-state index contributed by atoms with van der Waals surface area (Å²) in [5, 5.41) is 11.3. The van der Waals surface area contributed by atoms with Gasteiger partial charge < -0.3 is 10.6 Å². The molecule has 0 radical (unpaired) electrons. The van der Waals surface area contributed by atoms with Gasteiger partial charge in [0.15, 0.2) is 0 Å². The van der Waals surface area contributed by atoms with Gasteiger partial charge >= 0.3 is 0 Å². The number of aromatic nitrogens is 2. The first-order chi connectivity index (χ1) is 9.67. The van der Waals surface area contributed by atoms with E-state index in [1.807, 2.05) is 0 Å². The Morgan fingerprint density at radius 1 is 1.50 bits per heavy atom. The number of hydrogen-bond donors (Lipinski definition) is 2. The lowest BCUT2D eigenvalue weighted by molar-refractivity contribution is 0.378. The SMILES string of the molecule is C=CCn1ncc(NC2CC3CCC(C2)N3)c(Br)c1=O. The first kappa shape index (κ1) is 13.8. The maximum atomic E-state index is 12.1. The topological polar surface area (TPSA) is 59.0 Å². The van der Waals surface area contributed by atoms with Crippen LogP contribution in [0, 0.1) is 0 Å². The van der Waals surface area contributed by atoms with Crippen LogP contribution in [0.2, 0.25) is 0 Å². The fourth-order valence-electron chi connectivity index (χ4n) is 3.21. The third-order valence-corrected chi connectivity index (χ3v) is 4.89. The highest BCUT2D eigenvalue weighted by molar-refractivity contribution is 9.10. The molecule has 2 saturated heterocycles. The smallest absolute Gasteiger partial charge is 0.283 e. The van der Waals surface area contributed by atoms with Gasteiger partial charge in [-0.3, -0.25) is 4.79 Å². The Morgan fingerprint density at radius 3 is 2.85 bits per heavy atom. The number of nitrogens with zero attached hydrogens (tertiary/aromatic N) is 2. The van der Waals surface area contributed by atoms with Crippen molar-refractivity contribution < 1.29 is 0 Å². The zero-order valence-electron chi connectivity index (χ0n) is 11.3. The summed E-state index contributed by atoms with van der Waals surface area (Å²) in [5.74, 6) is 0. The van der Waals surface area contributed by atoms with Gasteiger partial charge in [0.2, 0.25) is 0 Å². The van der Waals surface area contributed by atoms with E-state index < -0.39 is 0 Å². The Hall–Kier alpha value is -1.14. The van der Waals surface area contributed by atoms with E-state index in [1.54, 1.807) is 12.3 Å². The van der Waals surface area contributed by atoms with Crippen molar-refractivity contribution in [2.24, 2.45) is 0 Å². The Kier molecular flexibility index (Phi) is 3.94. The number of hydrogen-bond acceptors (Lipinski definition) is 4. The largest absolute Gasteiger partial charge is 0.380 e. The van der Waals surface area contributed by atoms with E-state index in [2.05, 4.69) is 38.2 Å². The molecule has 108 valence electrons. The van der Waals surface area contributed by atoms with Gasteiger partial charge in [-0.2, -0.15) is 5.10 Å². The van der Waals surface area contributed by atoms with Crippen molar-refractivity contribution >= 4 is 21.6 Å². The minimum absolute atomic E-state index is 0.119. The number of allylic oxidation sites excluding steroid dienone is 1. The molecule has 2 aliphatic rings. The van der Waals surface area contributed by atoms with E-state index in [-0.39, 0.29) is 5.56 Å². The third-order valence-electron chi connectivity index (χ3n) is 4.12. The molecule has 0 saturated carbocycles.